The van der Waals surface area contributed by atoms with Crippen molar-refractivity contribution in [1.29, 1.82) is 0 Å². The van der Waals surface area contributed by atoms with Gasteiger partial charge in [-0.2, -0.15) is 0 Å². The van der Waals surface area contributed by atoms with Gasteiger partial charge in [-0.15, -0.1) is 0 Å². The third-order valence-electron chi connectivity index (χ3n) is 5.01. The lowest BCUT2D eigenvalue weighted by atomic mass is 10.1. The Kier molecular flexibility index (Phi) is 4.17. The third-order valence-corrected chi connectivity index (χ3v) is 5.01. The van der Waals surface area contributed by atoms with Gasteiger partial charge in [0.15, 0.2) is 0 Å². The zero-order valence-electron chi connectivity index (χ0n) is 12.9. The number of nitrogens with zero attached hydrogens (tertiary/aromatic N) is 2. The van der Waals surface area contributed by atoms with Crippen LogP contribution in [0.1, 0.15) is 33.1 Å². The molecule has 1 N–H and O–H groups in total. The van der Waals surface area contributed by atoms with E-state index in [4.69, 9.17) is 4.74 Å². The van der Waals surface area contributed by atoms with Gasteiger partial charge in [-0.05, 0) is 32.7 Å². The van der Waals surface area contributed by atoms with Gasteiger partial charge in [-0.1, -0.05) is 6.92 Å². The highest BCUT2D eigenvalue weighted by molar-refractivity contribution is 5.96. The van der Waals surface area contributed by atoms with Crippen molar-refractivity contribution in [1.82, 2.24) is 15.1 Å². The molecule has 0 saturated carbocycles. The van der Waals surface area contributed by atoms with Crippen molar-refractivity contribution in [3.05, 3.63) is 0 Å². The average molecular weight is 295 g/mol. The van der Waals surface area contributed by atoms with Crippen LogP contribution in [0.2, 0.25) is 0 Å². The van der Waals surface area contributed by atoms with E-state index >= 15 is 0 Å². The first-order valence-corrected chi connectivity index (χ1v) is 8.06. The number of fused-ring (bicyclic) bond motifs is 1. The Morgan fingerprint density at radius 3 is 2.95 bits per heavy atom. The summed E-state index contributed by atoms with van der Waals surface area (Å²) in [6.45, 7) is 6.99. The molecule has 3 saturated heterocycles. The molecule has 0 radical (unpaired) electrons. The van der Waals surface area contributed by atoms with Crippen LogP contribution >= 0.6 is 0 Å². The van der Waals surface area contributed by atoms with Crippen molar-refractivity contribution in [2.75, 3.05) is 26.2 Å². The van der Waals surface area contributed by atoms with E-state index < -0.39 is 6.04 Å². The molecule has 0 aromatic carbocycles. The summed E-state index contributed by atoms with van der Waals surface area (Å²) in [4.78, 5) is 28.6. The zero-order chi connectivity index (χ0) is 15.0. The molecule has 0 aromatic rings. The van der Waals surface area contributed by atoms with Crippen LogP contribution in [-0.4, -0.2) is 72.1 Å². The van der Waals surface area contributed by atoms with Gasteiger partial charge >= 0.3 is 0 Å². The number of rotatable bonds is 3. The van der Waals surface area contributed by atoms with Crippen molar-refractivity contribution in [2.24, 2.45) is 0 Å². The second-order valence-corrected chi connectivity index (χ2v) is 6.38. The molecule has 2 amide bonds. The largest absolute Gasteiger partial charge is 0.373 e. The first kappa shape index (κ1) is 14.8. The van der Waals surface area contributed by atoms with Crippen LogP contribution in [0.4, 0.5) is 0 Å². The number of piperazine rings is 1. The third kappa shape index (κ3) is 2.79. The molecule has 21 heavy (non-hydrogen) atoms. The molecule has 0 aromatic heterocycles. The highest BCUT2D eigenvalue weighted by Crippen LogP contribution is 2.24. The molecule has 0 spiro atoms. The van der Waals surface area contributed by atoms with Crippen LogP contribution in [0.3, 0.4) is 0 Å². The average Bonchev–Trinajstić information content (AvgIpc) is 2.95. The lowest BCUT2D eigenvalue weighted by Gasteiger charge is -2.42. The molecule has 0 bridgehead atoms. The van der Waals surface area contributed by atoms with Gasteiger partial charge < -0.3 is 15.0 Å². The normalized spacial score (nSPS) is 37.5. The van der Waals surface area contributed by atoms with Crippen LogP contribution in [0.25, 0.3) is 0 Å². The van der Waals surface area contributed by atoms with E-state index in [1.54, 1.807) is 11.8 Å². The Hall–Kier alpha value is -1.14. The molecule has 3 heterocycles. The number of nitrogens with one attached hydrogen (secondary N) is 1. The van der Waals surface area contributed by atoms with Gasteiger partial charge in [-0.3, -0.25) is 14.5 Å². The van der Waals surface area contributed by atoms with Crippen LogP contribution < -0.4 is 5.32 Å². The highest BCUT2D eigenvalue weighted by Gasteiger charge is 2.40. The summed E-state index contributed by atoms with van der Waals surface area (Å²) < 4.78 is 5.93. The molecule has 6 nitrogen and oxygen atoms in total. The summed E-state index contributed by atoms with van der Waals surface area (Å²) in [5, 5.41) is 2.79. The van der Waals surface area contributed by atoms with Crippen LogP contribution in [0.15, 0.2) is 0 Å². The first-order valence-electron chi connectivity index (χ1n) is 8.06. The second-order valence-electron chi connectivity index (χ2n) is 6.38. The molecule has 118 valence electrons. The minimum absolute atomic E-state index is 0.0224. The maximum absolute atomic E-state index is 12.5. The standard InChI is InChI=1S/C15H25N3O3/c1-3-13-15(20)18(10(2)14(19)16-13)8-12-7-17-6-4-5-11(17)9-21-12/h10-13H,3-9H2,1-2H3,(H,16,19). The Bertz CT molecular complexity index is 428. The molecule has 6 heteroatoms. The predicted octanol–water partition coefficient (Wildman–Crippen LogP) is -0.0249. The first-order chi connectivity index (χ1) is 10.1. The zero-order valence-corrected chi connectivity index (χ0v) is 12.9. The molecule has 4 unspecified atom stereocenters. The van der Waals surface area contributed by atoms with Gasteiger partial charge in [0, 0.05) is 19.1 Å². The predicted molar refractivity (Wildman–Crippen MR) is 77.7 cm³/mol. The minimum atomic E-state index is -0.403. The van der Waals surface area contributed by atoms with Crippen LogP contribution in [-0.2, 0) is 14.3 Å². The van der Waals surface area contributed by atoms with Crippen LogP contribution in [0, 0.1) is 0 Å². The number of carbonyl (C=O) groups excluding carboxylic acids is 2. The quantitative estimate of drug-likeness (QED) is 0.794. The summed E-state index contributed by atoms with van der Waals surface area (Å²) in [7, 11) is 0. The Morgan fingerprint density at radius 1 is 1.38 bits per heavy atom. The van der Waals surface area contributed by atoms with Crippen LogP contribution in [0.5, 0.6) is 0 Å². The van der Waals surface area contributed by atoms with Crippen molar-refractivity contribution >= 4 is 11.8 Å². The SMILES string of the molecule is CCC1NC(=O)C(C)N(CC2CN3CCCC3CO2)C1=O. The number of hydrogen-bond acceptors (Lipinski definition) is 4. The molecular formula is C15H25N3O3. The topological polar surface area (TPSA) is 61.9 Å². The van der Waals surface area contributed by atoms with Gasteiger partial charge in [0.05, 0.1) is 12.7 Å². The van der Waals surface area contributed by atoms with E-state index in [-0.39, 0.29) is 24.0 Å². The van der Waals surface area contributed by atoms with E-state index in [1.165, 1.54) is 12.8 Å². The monoisotopic (exact) mass is 295 g/mol. The molecule has 0 aliphatic carbocycles. The van der Waals surface area contributed by atoms with Crippen molar-refractivity contribution in [3.63, 3.8) is 0 Å². The Morgan fingerprint density at radius 2 is 2.19 bits per heavy atom. The number of ether oxygens (including phenoxy) is 1. The summed E-state index contributed by atoms with van der Waals surface area (Å²) in [6.07, 6.45) is 3.11. The van der Waals surface area contributed by atoms with E-state index in [2.05, 4.69) is 10.2 Å². The highest BCUT2D eigenvalue weighted by atomic mass is 16.5. The fourth-order valence-corrected chi connectivity index (χ4v) is 3.63. The van der Waals surface area contributed by atoms with Crippen molar-refractivity contribution < 1.29 is 14.3 Å². The smallest absolute Gasteiger partial charge is 0.245 e. The lowest BCUT2D eigenvalue weighted by molar-refractivity contribution is -0.152. The maximum Gasteiger partial charge on any atom is 0.245 e. The molecule has 3 aliphatic rings. The van der Waals surface area contributed by atoms with Gasteiger partial charge in [0.2, 0.25) is 11.8 Å². The molecule has 3 aliphatic heterocycles. The number of amides is 2. The second kappa shape index (κ2) is 5.93. The summed E-state index contributed by atoms with van der Waals surface area (Å²) in [5.41, 5.74) is 0. The Balaban J connectivity index is 1.64. The number of morpholine rings is 1. The number of carbonyl (C=O) groups is 2. The van der Waals surface area contributed by atoms with E-state index in [9.17, 15) is 9.59 Å². The minimum Gasteiger partial charge on any atom is -0.373 e. The van der Waals surface area contributed by atoms with E-state index in [0.717, 1.165) is 19.7 Å². The molecular weight excluding hydrogens is 270 g/mol. The maximum atomic E-state index is 12.5. The summed E-state index contributed by atoms with van der Waals surface area (Å²) >= 11 is 0. The van der Waals surface area contributed by atoms with Crippen molar-refractivity contribution in [2.45, 2.75) is 57.3 Å². The van der Waals surface area contributed by atoms with E-state index in [0.29, 0.717) is 19.0 Å². The molecule has 3 fully saturated rings. The van der Waals surface area contributed by atoms with E-state index in [1.807, 2.05) is 6.92 Å². The number of hydrogen-bond donors (Lipinski definition) is 1. The van der Waals surface area contributed by atoms with Crippen molar-refractivity contribution in [3.8, 4) is 0 Å². The molecule has 3 rings (SSSR count). The fourth-order valence-electron chi connectivity index (χ4n) is 3.63. The van der Waals surface area contributed by atoms with Gasteiger partial charge in [-0.25, -0.2) is 0 Å². The molecule has 4 atom stereocenters. The summed E-state index contributed by atoms with van der Waals surface area (Å²) in [6, 6.07) is -0.223. The lowest BCUT2D eigenvalue weighted by Crippen LogP contribution is -2.64. The van der Waals surface area contributed by atoms with Gasteiger partial charge in [0.1, 0.15) is 12.1 Å². The van der Waals surface area contributed by atoms with Gasteiger partial charge in [0.25, 0.3) is 0 Å². The summed E-state index contributed by atoms with van der Waals surface area (Å²) in [5.74, 6) is -0.0342. The Labute approximate surface area is 125 Å². The fraction of sp³-hybridized carbons (Fsp3) is 0.867.